The number of fused-ring (bicyclic) bond motifs is 1. The molecule has 2 aromatic carbocycles. The van der Waals surface area contributed by atoms with Gasteiger partial charge in [-0.25, -0.2) is 4.98 Å². The van der Waals surface area contributed by atoms with Gasteiger partial charge >= 0.3 is 0 Å². The van der Waals surface area contributed by atoms with E-state index in [0.717, 1.165) is 29.9 Å². The van der Waals surface area contributed by atoms with Gasteiger partial charge < -0.3 is 9.64 Å². The van der Waals surface area contributed by atoms with Crippen LogP contribution in [0.15, 0.2) is 53.3 Å². The second kappa shape index (κ2) is 7.49. The van der Waals surface area contributed by atoms with Crippen molar-refractivity contribution in [3.05, 3.63) is 64.7 Å². The Labute approximate surface area is 147 Å². The molecule has 0 spiro atoms. The molecule has 0 saturated heterocycles. The third kappa shape index (κ3) is 3.88. The molecule has 0 atom stereocenters. The molecular formula is C20H23N3O2. The third-order valence-corrected chi connectivity index (χ3v) is 4.06. The van der Waals surface area contributed by atoms with Gasteiger partial charge in [0.15, 0.2) is 0 Å². The number of hydrogen-bond acceptors (Lipinski definition) is 4. The van der Waals surface area contributed by atoms with Crippen molar-refractivity contribution in [2.75, 3.05) is 27.2 Å². The zero-order chi connectivity index (χ0) is 17.8. The second-order valence-corrected chi connectivity index (χ2v) is 6.32. The SMILES string of the molecule is Cc1nc2ccccc2c(=O)n1-c1ccc(OCCCN(C)C)cc1. The Hall–Kier alpha value is -2.66. The molecule has 0 N–H and O–H groups in total. The minimum atomic E-state index is -0.0530. The molecule has 1 aromatic heterocycles. The summed E-state index contributed by atoms with van der Waals surface area (Å²) < 4.78 is 7.39. The van der Waals surface area contributed by atoms with Crippen molar-refractivity contribution in [2.24, 2.45) is 0 Å². The van der Waals surface area contributed by atoms with Crippen LogP contribution >= 0.6 is 0 Å². The summed E-state index contributed by atoms with van der Waals surface area (Å²) in [5.41, 5.74) is 1.46. The molecule has 5 nitrogen and oxygen atoms in total. The average Bonchev–Trinajstić information content (AvgIpc) is 2.60. The molecule has 130 valence electrons. The first-order valence-corrected chi connectivity index (χ1v) is 8.42. The van der Waals surface area contributed by atoms with Gasteiger partial charge in [-0.1, -0.05) is 12.1 Å². The number of aromatic nitrogens is 2. The van der Waals surface area contributed by atoms with Crippen LogP contribution in [0.2, 0.25) is 0 Å². The molecule has 25 heavy (non-hydrogen) atoms. The molecule has 0 unspecified atom stereocenters. The molecule has 0 amide bonds. The van der Waals surface area contributed by atoms with Crippen molar-refractivity contribution in [3.8, 4) is 11.4 Å². The van der Waals surface area contributed by atoms with Gasteiger partial charge in [0, 0.05) is 6.54 Å². The van der Waals surface area contributed by atoms with Crippen LogP contribution in [0.5, 0.6) is 5.75 Å². The van der Waals surface area contributed by atoms with Crippen LogP contribution in [0.4, 0.5) is 0 Å². The Balaban J connectivity index is 1.83. The molecule has 0 fully saturated rings. The normalized spacial score (nSPS) is 11.2. The number of rotatable bonds is 6. The fourth-order valence-electron chi connectivity index (χ4n) is 2.81. The monoisotopic (exact) mass is 337 g/mol. The molecule has 5 heteroatoms. The van der Waals surface area contributed by atoms with E-state index in [9.17, 15) is 4.79 Å². The highest BCUT2D eigenvalue weighted by Gasteiger charge is 2.09. The minimum absolute atomic E-state index is 0.0530. The highest BCUT2D eigenvalue weighted by atomic mass is 16.5. The van der Waals surface area contributed by atoms with Crippen LogP contribution in [-0.4, -0.2) is 41.7 Å². The van der Waals surface area contributed by atoms with E-state index in [4.69, 9.17) is 4.74 Å². The smallest absolute Gasteiger partial charge is 0.265 e. The van der Waals surface area contributed by atoms with E-state index in [2.05, 4.69) is 9.88 Å². The number of hydrogen-bond donors (Lipinski definition) is 0. The Bertz CT molecular complexity index is 914. The van der Waals surface area contributed by atoms with E-state index in [-0.39, 0.29) is 5.56 Å². The maximum Gasteiger partial charge on any atom is 0.265 e. The van der Waals surface area contributed by atoms with E-state index < -0.39 is 0 Å². The lowest BCUT2D eigenvalue weighted by Crippen LogP contribution is -2.22. The summed E-state index contributed by atoms with van der Waals surface area (Å²) in [5.74, 6) is 1.48. The number of aryl methyl sites for hydroxylation is 1. The van der Waals surface area contributed by atoms with Crippen LogP contribution in [0.1, 0.15) is 12.2 Å². The first-order valence-electron chi connectivity index (χ1n) is 8.42. The molecule has 3 aromatic rings. The van der Waals surface area contributed by atoms with Crippen molar-refractivity contribution in [3.63, 3.8) is 0 Å². The van der Waals surface area contributed by atoms with E-state index >= 15 is 0 Å². The van der Waals surface area contributed by atoms with E-state index in [1.165, 1.54) is 0 Å². The van der Waals surface area contributed by atoms with Gasteiger partial charge in [-0.2, -0.15) is 0 Å². The lowest BCUT2D eigenvalue weighted by molar-refractivity contribution is 0.281. The molecule has 0 aliphatic carbocycles. The fraction of sp³-hybridized carbons (Fsp3) is 0.300. The summed E-state index contributed by atoms with van der Waals surface area (Å²) in [5, 5.41) is 0.622. The zero-order valence-electron chi connectivity index (χ0n) is 14.9. The number of nitrogens with zero attached hydrogens (tertiary/aromatic N) is 3. The molecule has 0 bridgehead atoms. The number of benzene rings is 2. The molecule has 0 radical (unpaired) electrons. The van der Waals surface area contributed by atoms with Crippen LogP contribution in [0, 0.1) is 6.92 Å². The standard InChI is InChI=1S/C20H23N3O2/c1-15-21-19-8-5-4-7-18(19)20(24)23(15)16-9-11-17(12-10-16)25-14-6-13-22(2)3/h4-5,7-12H,6,13-14H2,1-3H3. The summed E-state index contributed by atoms with van der Waals surface area (Å²) in [4.78, 5) is 19.5. The summed E-state index contributed by atoms with van der Waals surface area (Å²) in [6, 6.07) is 15.0. The van der Waals surface area contributed by atoms with Gasteiger partial charge in [0.2, 0.25) is 0 Å². The van der Waals surface area contributed by atoms with Gasteiger partial charge in [-0.3, -0.25) is 9.36 Å². The van der Waals surface area contributed by atoms with Gasteiger partial charge in [-0.05, 0) is 63.8 Å². The van der Waals surface area contributed by atoms with Crippen molar-refractivity contribution in [2.45, 2.75) is 13.3 Å². The Morgan fingerprint density at radius 1 is 1.08 bits per heavy atom. The highest BCUT2D eigenvalue weighted by molar-refractivity contribution is 5.77. The molecular weight excluding hydrogens is 314 g/mol. The summed E-state index contributed by atoms with van der Waals surface area (Å²) in [6.45, 7) is 3.52. The Morgan fingerprint density at radius 3 is 2.52 bits per heavy atom. The van der Waals surface area contributed by atoms with Gasteiger partial charge in [-0.15, -0.1) is 0 Å². The lowest BCUT2D eigenvalue weighted by atomic mass is 10.2. The largest absolute Gasteiger partial charge is 0.494 e. The van der Waals surface area contributed by atoms with Gasteiger partial charge in [0.25, 0.3) is 5.56 Å². The Kier molecular flexibility index (Phi) is 5.14. The molecule has 0 saturated carbocycles. The first kappa shape index (κ1) is 17.2. The van der Waals surface area contributed by atoms with Crippen molar-refractivity contribution >= 4 is 10.9 Å². The average molecular weight is 337 g/mol. The first-order chi connectivity index (χ1) is 12.1. The number of ether oxygens (including phenoxy) is 1. The Morgan fingerprint density at radius 2 is 1.80 bits per heavy atom. The van der Waals surface area contributed by atoms with Crippen molar-refractivity contribution in [1.29, 1.82) is 0 Å². The lowest BCUT2D eigenvalue weighted by Gasteiger charge is -2.13. The molecule has 1 heterocycles. The summed E-state index contributed by atoms with van der Waals surface area (Å²) >= 11 is 0. The van der Waals surface area contributed by atoms with Crippen LogP contribution in [-0.2, 0) is 0 Å². The molecule has 0 aliphatic rings. The predicted octanol–water partition coefficient (Wildman–Crippen LogP) is 3.02. The summed E-state index contributed by atoms with van der Waals surface area (Å²) in [6.07, 6.45) is 0.974. The fourth-order valence-corrected chi connectivity index (χ4v) is 2.81. The van der Waals surface area contributed by atoms with E-state index in [1.54, 1.807) is 4.57 Å². The third-order valence-electron chi connectivity index (χ3n) is 4.06. The maximum atomic E-state index is 12.8. The topological polar surface area (TPSA) is 47.4 Å². The second-order valence-electron chi connectivity index (χ2n) is 6.32. The molecule has 0 aliphatic heterocycles. The maximum absolute atomic E-state index is 12.8. The minimum Gasteiger partial charge on any atom is -0.494 e. The van der Waals surface area contributed by atoms with E-state index in [0.29, 0.717) is 17.8 Å². The van der Waals surface area contributed by atoms with Gasteiger partial charge in [0.05, 0.1) is 23.2 Å². The van der Waals surface area contributed by atoms with E-state index in [1.807, 2.05) is 69.6 Å². The van der Waals surface area contributed by atoms with Gasteiger partial charge in [0.1, 0.15) is 11.6 Å². The number of para-hydroxylation sites is 1. The predicted molar refractivity (Wildman–Crippen MR) is 101 cm³/mol. The highest BCUT2D eigenvalue weighted by Crippen LogP contribution is 2.17. The summed E-state index contributed by atoms with van der Waals surface area (Å²) in [7, 11) is 4.10. The van der Waals surface area contributed by atoms with Crippen molar-refractivity contribution < 1.29 is 4.74 Å². The van der Waals surface area contributed by atoms with Crippen LogP contribution < -0.4 is 10.3 Å². The van der Waals surface area contributed by atoms with Crippen molar-refractivity contribution in [1.82, 2.24) is 14.5 Å². The molecule has 3 rings (SSSR count). The quantitative estimate of drug-likeness (QED) is 0.649. The van der Waals surface area contributed by atoms with Crippen LogP contribution in [0.25, 0.3) is 16.6 Å². The van der Waals surface area contributed by atoms with Crippen LogP contribution in [0.3, 0.4) is 0 Å². The zero-order valence-corrected chi connectivity index (χ0v) is 14.9.